The highest BCUT2D eigenvalue weighted by atomic mass is 32.2. The van der Waals surface area contributed by atoms with Crippen LogP contribution < -0.4 is 10.1 Å². The molecule has 0 aliphatic carbocycles. The fourth-order valence-corrected chi connectivity index (χ4v) is 3.95. The normalized spacial score (nSPS) is 10.6. The van der Waals surface area contributed by atoms with Gasteiger partial charge in [-0.3, -0.25) is 0 Å². The van der Waals surface area contributed by atoms with Crippen LogP contribution in [0.3, 0.4) is 0 Å². The van der Waals surface area contributed by atoms with Crippen molar-refractivity contribution in [2.75, 3.05) is 5.32 Å². The summed E-state index contributed by atoms with van der Waals surface area (Å²) in [6, 6.07) is 33.1. The first-order valence-corrected chi connectivity index (χ1v) is 10.6. The molecule has 0 heterocycles. The molecular formula is C26H22FNOS. The Morgan fingerprint density at radius 2 is 1.33 bits per heavy atom. The van der Waals surface area contributed by atoms with Crippen molar-refractivity contribution in [2.24, 2.45) is 0 Å². The third-order valence-electron chi connectivity index (χ3n) is 4.55. The van der Waals surface area contributed by atoms with E-state index in [2.05, 4.69) is 5.32 Å². The zero-order chi connectivity index (χ0) is 20.6. The average molecular weight is 416 g/mol. The Morgan fingerprint density at radius 1 is 0.733 bits per heavy atom. The molecule has 0 aliphatic rings. The van der Waals surface area contributed by atoms with E-state index in [1.807, 2.05) is 97.1 Å². The largest absolute Gasteiger partial charge is 0.489 e. The topological polar surface area (TPSA) is 21.3 Å². The van der Waals surface area contributed by atoms with Crippen LogP contribution in [-0.2, 0) is 13.2 Å². The van der Waals surface area contributed by atoms with Crippen LogP contribution in [0.1, 0.15) is 11.1 Å². The Balaban J connectivity index is 1.58. The monoisotopic (exact) mass is 415 g/mol. The second-order valence-electron chi connectivity index (χ2n) is 6.81. The van der Waals surface area contributed by atoms with Crippen molar-refractivity contribution in [3.63, 3.8) is 0 Å². The van der Waals surface area contributed by atoms with Crippen LogP contribution in [0.25, 0.3) is 0 Å². The predicted molar refractivity (Wildman–Crippen MR) is 122 cm³/mol. The Labute approximate surface area is 180 Å². The number of nitrogens with one attached hydrogen (secondary N) is 1. The first-order chi connectivity index (χ1) is 14.8. The third kappa shape index (κ3) is 5.43. The van der Waals surface area contributed by atoms with Crippen LogP contribution in [0.4, 0.5) is 10.1 Å². The lowest BCUT2D eigenvalue weighted by molar-refractivity contribution is 0.304. The summed E-state index contributed by atoms with van der Waals surface area (Å²) in [5, 5.41) is 3.39. The molecule has 4 rings (SSSR count). The maximum absolute atomic E-state index is 15.1. The van der Waals surface area contributed by atoms with Gasteiger partial charge in [0, 0.05) is 23.6 Å². The van der Waals surface area contributed by atoms with Crippen molar-refractivity contribution in [2.45, 2.75) is 22.9 Å². The molecule has 4 aromatic rings. The van der Waals surface area contributed by atoms with Crippen LogP contribution in [-0.4, -0.2) is 0 Å². The Hall–Kier alpha value is -3.24. The van der Waals surface area contributed by atoms with Crippen molar-refractivity contribution in [3.8, 4) is 5.75 Å². The molecule has 2 nitrogen and oxygen atoms in total. The van der Waals surface area contributed by atoms with E-state index >= 15 is 4.39 Å². The highest BCUT2D eigenvalue weighted by molar-refractivity contribution is 7.99. The van der Waals surface area contributed by atoms with E-state index in [0.717, 1.165) is 21.7 Å². The van der Waals surface area contributed by atoms with E-state index in [1.165, 1.54) is 17.8 Å². The molecule has 1 N–H and O–H groups in total. The van der Waals surface area contributed by atoms with Gasteiger partial charge in [0.05, 0.1) is 10.6 Å². The maximum atomic E-state index is 15.1. The maximum Gasteiger partial charge on any atom is 0.142 e. The van der Waals surface area contributed by atoms with Crippen molar-refractivity contribution in [3.05, 3.63) is 120 Å². The van der Waals surface area contributed by atoms with Crippen LogP contribution in [0, 0.1) is 5.82 Å². The Kier molecular flexibility index (Phi) is 6.68. The first kappa shape index (κ1) is 20.0. The van der Waals surface area contributed by atoms with Gasteiger partial charge in [0.15, 0.2) is 0 Å². The van der Waals surface area contributed by atoms with E-state index in [1.54, 1.807) is 0 Å². The molecule has 30 heavy (non-hydrogen) atoms. The summed E-state index contributed by atoms with van der Waals surface area (Å²) in [6.07, 6.45) is 0. The summed E-state index contributed by atoms with van der Waals surface area (Å²) in [7, 11) is 0. The van der Waals surface area contributed by atoms with Crippen LogP contribution in [0.15, 0.2) is 113 Å². The minimum atomic E-state index is -0.301. The fourth-order valence-electron chi connectivity index (χ4n) is 3.03. The molecule has 0 radical (unpaired) electrons. The molecule has 0 aromatic heterocycles. The van der Waals surface area contributed by atoms with Crippen molar-refractivity contribution < 1.29 is 9.13 Å². The predicted octanol–water partition coefficient (Wildman–Crippen LogP) is 7.17. The number of benzene rings is 4. The highest BCUT2D eigenvalue weighted by Gasteiger charge is 2.14. The van der Waals surface area contributed by atoms with Gasteiger partial charge >= 0.3 is 0 Å². The smallest absolute Gasteiger partial charge is 0.142 e. The summed E-state index contributed by atoms with van der Waals surface area (Å²) >= 11 is 1.41. The van der Waals surface area contributed by atoms with Crippen molar-refractivity contribution in [1.82, 2.24) is 0 Å². The number of hydrogen-bond donors (Lipinski definition) is 1. The van der Waals surface area contributed by atoms with Gasteiger partial charge < -0.3 is 10.1 Å². The van der Waals surface area contributed by atoms with E-state index in [-0.39, 0.29) is 5.82 Å². The molecule has 0 fully saturated rings. The quantitative estimate of drug-likeness (QED) is 0.330. The molecule has 0 unspecified atom stereocenters. The van der Waals surface area contributed by atoms with Crippen molar-refractivity contribution in [1.29, 1.82) is 0 Å². The minimum absolute atomic E-state index is 0.301. The lowest BCUT2D eigenvalue weighted by Gasteiger charge is -2.16. The number of anilines is 1. The van der Waals surface area contributed by atoms with Gasteiger partial charge in [-0.2, -0.15) is 0 Å². The zero-order valence-electron chi connectivity index (χ0n) is 16.4. The zero-order valence-corrected chi connectivity index (χ0v) is 17.2. The summed E-state index contributed by atoms with van der Waals surface area (Å²) in [5.74, 6) is 0.203. The second-order valence-corrected chi connectivity index (χ2v) is 7.89. The molecule has 0 atom stereocenters. The van der Waals surface area contributed by atoms with E-state index in [9.17, 15) is 0 Å². The molecule has 0 spiro atoms. The van der Waals surface area contributed by atoms with Gasteiger partial charge in [0.25, 0.3) is 0 Å². The highest BCUT2D eigenvalue weighted by Crippen LogP contribution is 2.38. The number of rotatable bonds is 8. The summed E-state index contributed by atoms with van der Waals surface area (Å²) < 4.78 is 21.0. The van der Waals surface area contributed by atoms with Gasteiger partial charge in [-0.25, -0.2) is 4.39 Å². The number of ether oxygens (including phenoxy) is 1. The summed E-state index contributed by atoms with van der Waals surface area (Å²) in [6.45, 7) is 0.994. The summed E-state index contributed by atoms with van der Waals surface area (Å²) in [4.78, 5) is 1.54. The van der Waals surface area contributed by atoms with Gasteiger partial charge in [0.1, 0.15) is 18.2 Å². The lowest BCUT2D eigenvalue weighted by Crippen LogP contribution is -2.03. The second kappa shape index (κ2) is 9.99. The van der Waals surface area contributed by atoms with E-state index in [4.69, 9.17) is 4.74 Å². The SMILES string of the molecule is Fc1cc(OCc2ccccc2)cc(NCc2ccccc2)c1Sc1ccccc1. The van der Waals surface area contributed by atoms with E-state index in [0.29, 0.717) is 23.8 Å². The van der Waals surface area contributed by atoms with Crippen LogP contribution in [0.2, 0.25) is 0 Å². The molecular weight excluding hydrogens is 393 g/mol. The molecule has 150 valence electrons. The third-order valence-corrected chi connectivity index (χ3v) is 5.68. The molecule has 0 saturated heterocycles. The Morgan fingerprint density at radius 3 is 2.00 bits per heavy atom. The van der Waals surface area contributed by atoms with Crippen LogP contribution in [0.5, 0.6) is 5.75 Å². The average Bonchev–Trinajstić information content (AvgIpc) is 2.80. The molecule has 0 aliphatic heterocycles. The van der Waals surface area contributed by atoms with Crippen molar-refractivity contribution >= 4 is 17.4 Å². The number of hydrogen-bond acceptors (Lipinski definition) is 3. The molecule has 0 saturated carbocycles. The molecule has 0 bridgehead atoms. The lowest BCUT2D eigenvalue weighted by atomic mass is 10.2. The molecule has 0 amide bonds. The van der Waals surface area contributed by atoms with Crippen LogP contribution >= 0.6 is 11.8 Å². The standard InChI is InChI=1S/C26H22FNOS/c27-24-16-22(29-19-21-12-6-2-7-13-21)17-25(28-18-20-10-4-1-5-11-20)26(24)30-23-14-8-3-9-15-23/h1-17,28H,18-19H2. The van der Waals surface area contributed by atoms with Gasteiger partial charge in [0.2, 0.25) is 0 Å². The number of halogens is 1. The Bertz CT molecular complexity index is 1070. The molecule has 4 aromatic carbocycles. The van der Waals surface area contributed by atoms with Gasteiger partial charge in [-0.05, 0) is 23.3 Å². The van der Waals surface area contributed by atoms with E-state index < -0.39 is 0 Å². The van der Waals surface area contributed by atoms with Gasteiger partial charge in [-0.1, -0.05) is 90.6 Å². The molecule has 4 heteroatoms. The first-order valence-electron chi connectivity index (χ1n) is 9.79. The summed E-state index contributed by atoms with van der Waals surface area (Å²) in [5.41, 5.74) is 2.89. The minimum Gasteiger partial charge on any atom is -0.489 e. The van der Waals surface area contributed by atoms with Gasteiger partial charge in [-0.15, -0.1) is 0 Å². The fraction of sp³-hybridized carbons (Fsp3) is 0.0769.